The second-order valence-electron chi connectivity index (χ2n) is 4.76. The molecule has 0 fully saturated rings. The van der Waals surface area contributed by atoms with Crippen LogP contribution >= 0.6 is 11.6 Å². The standard InChI is InChI=1S/C14H17ClN4O2/c1-7-4-11(9(3)21-7)8(2)18-14(20)10-5-12(15)13(19-16)17-6-10/h4-6,8H,16H2,1-3H3,(H,17,19)(H,18,20). The normalized spacial score (nSPS) is 12.0. The van der Waals surface area contributed by atoms with E-state index in [1.165, 1.54) is 12.3 Å². The molecule has 0 spiro atoms. The largest absolute Gasteiger partial charge is 0.466 e. The van der Waals surface area contributed by atoms with Crippen LogP contribution in [0.3, 0.4) is 0 Å². The van der Waals surface area contributed by atoms with Crippen molar-refractivity contribution < 1.29 is 9.21 Å². The first-order valence-electron chi connectivity index (χ1n) is 6.42. The van der Waals surface area contributed by atoms with E-state index < -0.39 is 0 Å². The number of nitrogens with two attached hydrogens (primary N) is 1. The molecule has 4 N–H and O–H groups in total. The fourth-order valence-corrected chi connectivity index (χ4v) is 2.33. The molecule has 2 aromatic rings. The number of nitrogens with one attached hydrogen (secondary N) is 2. The molecule has 0 radical (unpaired) electrons. The Bertz CT molecular complexity index is 669. The van der Waals surface area contributed by atoms with E-state index in [2.05, 4.69) is 15.7 Å². The molecule has 2 aromatic heterocycles. The summed E-state index contributed by atoms with van der Waals surface area (Å²) in [4.78, 5) is 16.2. The lowest BCUT2D eigenvalue weighted by Crippen LogP contribution is -2.27. The molecule has 112 valence electrons. The zero-order valence-electron chi connectivity index (χ0n) is 12.0. The number of pyridine rings is 1. The van der Waals surface area contributed by atoms with Crippen molar-refractivity contribution in [2.24, 2.45) is 5.84 Å². The van der Waals surface area contributed by atoms with E-state index in [4.69, 9.17) is 21.9 Å². The highest BCUT2D eigenvalue weighted by Gasteiger charge is 2.17. The fraction of sp³-hybridized carbons (Fsp3) is 0.286. The molecule has 2 heterocycles. The highest BCUT2D eigenvalue weighted by molar-refractivity contribution is 6.33. The predicted molar refractivity (Wildman–Crippen MR) is 81.1 cm³/mol. The van der Waals surface area contributed by atoms with Crippen LogP contribution in [0.15, 0.2) is 22.7 Å². The van der Waals surface area contributed by atoms with Crippen molar-refractivity contribution in [3.05, 3.63) is 46.0 Å². The van der Waals surface area contributed by atoms with Crippen LogP contribution in [0, 0.1) is 13.8 Å². The van der Waals surface area contributed by atoms with Crippen LogP contribution in [0.1, 0.15) is 40.4 Å². The first kappa shape index (κ1) is 15.3. The van der Waals surface area contributed by atoms with Crippen molar-refractivity contribution in [2.75, 3.05) is 5.43 Å². The van der Waals surface area contributed by atoms with E-state index in [1.807, 2.05) is 26.8 Å². The lowest BCUT2D eigenvalue weighted by Gasteiger charge is -2.13. The molecule has 1 amide bonds. The SMILES string of the molecule is Cc1cc(C(C)NC(=O)c2cnc(NN)c(Cl)c2)c(C)o1. The summed E-state index contributed by atoms with van der Waals surface area (Å²) in [5.41, 5.74) is 3.66. The number of anilines is 1. The van der Waals surface area contributed by atoms with Gasteiger partial charge in [0.2, 0.25) is 0 Å². The van der Waals surface area contributed by atoms with Crippen LogP contribution in [0.5, 0.6) is 0 Å². The number of hydrogen-bond donors (Lipinski definition) is 3. The zero-order chi connectivity index (χ0) is 15.6. The molecule has 1 unspecified atom stereocenters. The summed E-state index contributed by atoms with van der Waals surface area (Å²) in [6.07, 6.45) is 1.41. The van der Waals surface area contributed by atoms with E-state index in [9.17, 15) is 4.79 Å². The summed E-state index contributed by atoms with van der Waals surface area (Å²) in [6.45, 7) is 5.62. The van der Waals surface area contributed by atoms with Crippen molar-refractivity contribution in [3.8, 4) is 0 Å². The monoisotopic (exact) mass is 308 g/mol. The molecule has 21 heavy (non-hydrogen) atoms. The molecule has 0 aromatic carbocycles. The minimum Gasteiger partial charge on any atom is -0.466 e. The van der Waals surface area contributed by atoms with Crippen LogP contribution in [-0.4, -0.2) is 10.9 Å². The van der Waals surface area contributed by atoms with Gasteiger partial charge >= 0.3 is 0 Å². The molecule has 0 bridgehead atoms. The van der Waals surface area contributed by atoms with Gasteiger partial charge in [0.1, 0.15) is 11.5 Å². The van der Waals surface area contributed by atoms with Gasteiger partial charge < -0.3 is 15.2 Å². The maximum Gasteiger partial charge on any atom is 0.253 e. The number of amides is 1. The Labute approximate surface area is 127 Å². The number of carbonyl (C=O) groups excluding carboxylic acids is 1. The Kier molecular flexibility index (Phi) is 4.50. The number of nitrogen functional groups attached to an aromatic ring is 1. The molecule has 2 rings (SSSR count). The summed E-state index contributed by atoms with van der Waals surface area (Å²) >= 11 is 5.96. The number of furan rings is 1. The summed E-state index contributed by atoms with van der Waals surface area (Å²) in [6, 6.07) is 3.24. The van der Waals surface area contributed by atoms with Crippen LogP contribution < -0.4 is 16.6 Å². The van der Waals surface area contributed by atoms with Crippen molar-refractivity contribution in [3.63, 3.8) is 0 Å². The van der Waals surface area contributed by atoms with Gasteiger partial charge in [0.25, 0.3) is 5.91 Å². The van der Waals surface area contributed by atoms with Crippen LogP contribution in [-0.2, 0) is 0 Å². The number of aromatic nitrogens is 1. The van der Waals surface area contributed by atoms with E-state index in [0.29, 0.717) is 11.4 Å². The molecule has 0 saturated heterocycles. The first-order valence-corrected chi connectivity index (χ1v) is 6.80. The van der Waals surface area contributed by atoms with Crippen molar-refractivity contribution in [1.82, 2.24) is 10.3 Å². The zero-order valence-corrected chi connectivity index (χ0v) is 12.8. The van der Waals surface area contributed by atoms with Gasteiger partial charge in [0.15, 0.2) is 5.82 Å². The minimum atomic E-state index is -0.265. The van der Waals surface area contributed by atoms with Crippen LogP contribution in [0.25, 0.3) is 0 Å². The Morgan fingerprint density at radius 3 is 2.67 bits per heavy atom. The van der Waals surface area contributed by atoms with E-state index >= 15 is 0 Å². The van der Waals surface area contributed by atoms with Gasteiger partial charge in [-0.05, 0) is 32.9 Å². The van der Waals surface area contributed by atoms with E-state index in [1.54, 1.807) is 0 Å². The van der Waals surface area contributed by atoms with Crippen molar-refractivity contribution in [1.29, 1.82) is 0 Å². The summed E-state index contributed by atoms with van der Waals surface area (Å²) in [5.74, 6) is 6.90. The molecule has 1 atom stereocenters. The van der Waals surface area contributed by atoms with Gasteiger partial charge in [-0.1, -0.05) is 11.6 Å². The third-order valence-electron chi connectivity index (χ3n) is 3.13. The average molecular weight is 309 g/mol. The number of nitrogens with zero attached hydrogens (tertiary/aromatic N) is 1. The number of aryl methyl sites for hydroxylation is 2. The Balaban J connectivity index is 2.14. The average Bonchev–Trinajstić information content (AvgIpc) is 2.77. The molecule has 7 heteroatoms. The topological polar surface area (TPSA) is 93.2 Å². The quantitative estimate of drug-likeness (QED) is 0.596. The molecular weight excluding hydrogens is 292 g/mol. The van der Waals surface area contributed by atoms with Crippen LogP contribution in [0.2, 0.25) is 5.02 Å². The summed E-state index contributed by atoms with van der Waals surface area (Å²) in [5, 5.41) is 3.17. The van der Waals surface area contributed by atoms with Gasteiger partial charge in [-0.3, -0.25) is 4.79 Å². The third-order valence-corrected chi connectivity index (χ3v) is 3.42. The maximum absolute atomic E-state index is 12.2. The fourth-order valence-electron chi connectivity index (χ4n) is 2.11. The highest BCUT2D eigenvalue weighted by atomic mass is 35.5. The van der Waals surface area contributed by atoms with E-state index in [0.717, 1.165) is 17.1 Å². The first-order chi connectivity index (χ1) is 9.92. The second kappa shape index (κ2) is 6.15. The van der Waals surface area contributed by atoms with Gasteiger partial charge in [-0.25, -0.2) is 10.8 Å². The number of rotatable bonds is 4. The van der Waals surface area contributed by atoms with Gasteiger partial charge in [0.05, 0.1) is 16.6 Å². The molecule has 0 saturated carbocycles. The van der Waals surface area contributed by atoms with Crippen molar-refractivity contribution in [2.45, 2.75) is 26.8 Å². The Hall–Kier alpha value is -2.05. The number of halogens is 1. The lowest BCUT2D eigenvalue weighted by atomic mass is 10.1. The highest BCUT2D eigenvalue weighted by Crippen LogP contribution is 2.22. The summed E-state index contributed by atoms with van der Waals surface area (Å²) in [7, 11) is 0. The Morgan fingerprint density at radius 1 is 1.43 bits per heavy atom. The molecule has 0 aliphatic carbocycles. The molecule has 0 aliphatic rings. The van der Waals surface area contributed by atoms with Gasteiger partial charge in [-0.15, -0.1) is 0 Å². The minimum absolute atomic E-state index is 0.180. The summed E-state index contributed by atoms with van der Waals surface area (Å²) < 4.78 is 5.47. The van der Waals surface area contributed by atoms with Crippen LogP contribution in [0.4, 0.5) is 5.82 Å². The second-order valence-corrected chi connectivity index (χ2v) is 5.17. The maximum atomic E-state index is 12.2. The number of hydrazine groups is 1. The number of hydrogen-bond acceptors (Lipinski definition) is 5. The molecule has 6 nitrogen and oxygen atoms in total. The predicted octanol–water partition coefficient (Wildman–Crippen LogP) is 2.72. The van der Waals surface area contributed by atoms with Gasteiger partial charge in [-0.2, -0.15) is 0 Å². The lowest BCUT2D eigenvalue weighted by molar-refractivity contribution is 0.0939. The smallest absolute Gasteiger partial charge is 0.253 e. The van der Waals surface area contributed by atoms with Crippen molar-refractivity contribution >= 4 is 23.3 Å². The van der Waals surface area contributed by atoms with Gasteiger partial charge in [0, 0.05) is 11.8 Å². The third kappa shape index (κ3) is 3.34. The molecule has 0 aliphatic heterocycles. The molecular formula is C14H17ClN4O2. The van der Waals surface area contributed by atoms with E-state index in [-0.39, 0.29) is 17.0 Å². The Morgan fingerprint density at radius 2 is 2.14 bits per heavy atom. The number of carbonyl (C=O) groups is 1.